The van der Waals surface area contributed by atoms with Gasteiger partial charge in [0.15, 0.2) is 0 Å². The van der Waals surface area contributed by atoms with Crippen LogP contribution in [0.15, 0.2) is 18.2 Å². The van der Waals surface area contributed by atoms with Crippen molar-refractivity contribution in [3.63, 3.8) is 0 Å². The van der Waals surface area contributed by atoms with Crippen LogP contribution in [0.1, 0.15) is 38.2 Å². The van der Waals surface area contributed by atoms with Gasteiger partial charge >= 0.3 is 0 Å². The van der Waals surface area contributed by atoms with Gasteiger partial charge in [-0.2, -0.15) is 0 Å². The fourth-order valence-electron chi connectivity index (χ4n) is 1.64. The summed E-state index contributed by atoms with van der Waals surface area (Å²) in [4.78, 5) is 0. The molecule has 0 aromatic heterocycles. The van der Waals surface area contributed by atoms with Crippen LogP contribution in [0.5, 0.6) is 11.5 Å². The van der Waals surface area contributed by atoms with E-state index < -0.39 is 0 Å². The van der Waals surface area contributed by atoms with Crippen molar-refractivity contribution in [3.8, 4) is 11.5 Å². The summed E-state index contributed by atoms with van der Waals surface area (Å²) in [5, 5.41) is 0.786. The van der Waals surface area contributed by atoms with E-state index in [0.29, 0.717) is 0 Å². The van der Waals surface area contributed by atoms with Gasteiger partial charge in [0.05, 0.1) is 13.7 Å². The maximum Gasteiger partial charge on any atom is 0.123 e. The summed E-state index contributed by atoms with van der Waals surface area (Å²) in [5.74, 6) is 1.83. The van der Waals surface area contributed by atoms with E-state index >= 15 is 0 Å². The Labute approximate surface area is 112 Å². The van der Waals surface area contributed by atoms with E-state index in [0.717, 1.165) is 35.4 Å². The molecule has 0 heterocycles. The Morgan fingerprint density at radius 1 is 1.18 bits per heavy atom. The van der Waals surface area contributed by atoms with E-state index in [4.69, 9.17) is 9.47 Å². The predicted octanol–water partition coefficient (Wildman–Crippen LogP) is 4.55. The third-order valence-electron chi connectivity index (χ3n) is 2.67. The minimum atomic E-state index is 0.786. The molecule has 3 heteroatoms. The molecule has 0 spiro atoms. The number of hydrogen-bond acceptors (Lipinski definition) is 2. The normalized spacial score (nSPS) is 10.3. The largest absolute Gasteiger partial charge is 0.497 e. The highest BCUT2D eigenvalue weighted by atomic mass is 79.9. The highest BCUT2D eigenvalue weighted by Gasteiger charge is 2.04. The molecule has 0 fully saturated rings. The minimum absolute atomic E-state index is 0.786. The number of halogens is 1. The Kier molecular flexibility index (Phi) is 7.10. The van der Waals surface area contributed by atoms with Gasteiger partial charge in [-0.3, -0.25) is 0 Å². The van der Waals surface area contributed by atoms with Crippen LogP contribution in [0.4, 0.5) is 0 Å². The average Bonchev–Trinajstić information content (AvgIpc) is 2.38. The van der Waals surface area contributed by atoms with Crippen LogP contribution in [0.2, 0.25) is 0 Å². The molecule has 0 saturated carbocycles. The standard InChI is InChI=1S/C14H21BrO2/c1-3-4-5-6-9-17-14-8-7-13(16-2)10-12(14)11-15/h7-8,10H,3-6,9,11H2,1-2H3. The maximum atomic E-state index is 5.79. The van der Waals surface area contributed by atoms with E-state index in [1.165, 1.54) is 19.3 Å². The first-order chi connectivity index (χ1) is 8.31. The highest BCUT2D eigenvalue weighted by Crippen LogP contribution is 2.26. The van der Waals surface area contributed by atoms with E-state index in [1.807, 2.05) is 18.2 Å². The third kappa shape index (κ3) is 4.99. The van der Waals surface area contributed by atoms with Crippen molar-refractivity contribution < 1.29 is 9.47 Å². The summed E-state index contributed by atoms with van der Waals surface area (Å²) in [6, 6.07) is 5.93. The summed E-state index contributed by atoms with van der Waals surface area (Å²) in [7, 11) is 1.68. The van der Waals surface area contributed by atoms with Crippen molar-refractivity contribution in [2.45, 2.75) is 37.9 Å². The number of unbranched alkanes of at least 4 members (excludes halogenated alkanes) is 3. The molecule has 0 amide bonds. The molecule has 0 aliphatic carbocycles. The van der Waals surface area contributed by atoms with Gasteiger partial charge in [0.25, 0.3) is 0 Å². The number of methoxy groups -OCH3 is 1. The lowest BCUT2D eigenvalue weighted by Gasteiger charge is -2.11. The Morgan fingerprint density at radius 3 is 2.65 bits per heavy atom. The van der Waals surface area contributed by atoms with Crippen LogP contribution in [0.25, 0.3) is 0 Å². The first kappa shape index (κ1) is 14.4. The molecule has 0 bridgehead atoms. The molecule has 0 saturated heterocycles. The topological polar surface area (TPSA) is 18.5 Å². The van der Waals surface area contributed by atoms with E-state index in [-0.39, 0.29) is 0 Å². The number of hydrogen-bond donors (Lipinski definition) is 0. The third-order valence-corrected chi connectivity index (χ3v) is 3.27. The van der Waals surface area contributed by atoms with Gasteiger partial charge in [-0.15, -0.1) is 0 Å². The number of benzene rings is 1. The Bertz CT molecular complexity index is 326. The van der Waals surface area contributed by atoms with Crippen molar-refractivity contribution in [2.75, 3.05) is 13.7 Å². The second-order valence-electron chi connectivity index (χ2n) is 4.02. The van der Waals surface area contributed by atoms with Crippen LogP contribution in [0.3, 0.4) is 0 Å². The highest BCUT2D eigenvalue weighted by molar-refractivity contribution is 9.08. The lowest BCUT2D eigenvalue weighted by molar-refractivity contribution is 0.302. The average molecular weight is 301 g/mol. The van der Waals surface area contributed by atoms with E-state index in [9.17, 15) is 0 Å². The summed E-state index contributed by atoms with van der Waals surface area (Å²) < 4.78 is 11.0. The van der Waals surface area contributed by atoms with Gasteiger partial charge in [-0.25, -0.2) is 0 Å². The van der Waals surface area contributed by atoms with Gasteiger partial charge in [-0.05, 0) is 24.6 Å². The van der Waals surface area contributed by atoms with Crippen molar-refractivity contribution in [1.29, 1.82) is 0 Å². The fraction of sp³-hybridized carbons (Fsp3) is 0.571. The quantitative estimate of drug-likeness (QED) is 0.518. The Balaban J connectivity index is 2.46. The zero-order valence-electron chi connectivity index (χ0n) is 10.7. The minimum Gasteiger partial charge on any atom is -0.497 e. The van der Waals surface area contributed by atoms with Crippen LogP contribution >= 0.6 is 15.9 Å². The monoisotopic (exact) mass is 300 g/mol. The van der Waals surface area contributed by atoms with E-state index in [2.05, 4.69) is 22.9 Å². The SMILES string of the molecule is CCCCCCOc1ccc(OC)cc1CBr. The molecule has 2 nitrogen and oxygen atoms in total. The number of alkyl halides is 1. The molecule has 0 atom stereocenters. The zero-order chi connectivity index (χ0) is 12.5. The van der Waals surface area contributed by atoms with Crippen molar-refractivity contribution in [1.82, 2.24) is 0 Å². The molecule has 1 aromatic rings. The fourth-order valence-corrected chi connectivity index (χ4v) is 2.08. The molecule has 0 radical (unpaired) electrons. The molecule has 0 N–H and O–H groups in total. The first-order valence-corrected chi connectivity index (χ1v) is 7.29. The second-order valence-corrected chi connectivity index (χ2v) is 4.58. The van der Waals surface area contributed by atoms with Gasteiger partial charge in [0.1, 0.15) is 11.5 Å². The van der Waals surface area contributed by atoms with Gasteiger partial charge < -0.3 is 9.47 Å². The van der Waals surface area contributed by atoms with Gasteiger partial charge in [-0.1, -0.05) is 42.1 Å². The van der Waals surface area contributed by atoms with Crippen LogP contribution in [0, 0.1) is 0 Å². The Morgan fingerprint density at radius 2 is 2.00 bits per heavy atom. The molecule has 0 aliphatic rings. The number of ether oxygens (including phenoxy) is 2. The maximum absolute atomic E-state index is 5.79. The summed E-state index contributed by atoms with van der Waals surface area (Å²) in [5.41, 5.74) is 1.14. The summed E-state index contributed by atoms with van der Waals surface area (Å²) in [6.45, 7) is 3.01. The summed E-state index contributed by atoms with van der Waals surface area (Å²) in [6.07, 6.45) is 4.92. The first-order valence-electron chi connectivity index (χ1n) is 6.17. The van der Waals surface area contributed by atoms with Crippen LogP contribution in [-0.2, 0) is 5.33 Å². The second kappa shape index (κ2) is 8.40. The number of rotatable bonds is 8. The zero-order valence-corrected chi connectivity index (χ0v) is 12.3. The molecule has 1 aromatic carbocycles. The molecule has 1 rings (SSSR count). The van der Waals surface area contributed by atoms with Crippen molar-refractivity contribution in [2.24, 2.45) is 0 Å². The van der Waals surface area contributed by atoms with Crippen LogP contribution in [-0.4, -0.2) is 13.7 Å². The molecule has 96 valence electrons. The van der Waals surface area contributed by atoms with E-state index in [1.54, 1.807) is 7.11 Å². The lowest BCUT2D eigenvalue weighted by atomic mass is 10.2. The smallest absolute Gasteiger partial charge is 0.123 e. The predicted molar refractivity (Wildman–Crippen MR) is 75.3 cm³/mol. The molecule has 0 aliphatic heterocycles. The molecule has 17 heavy (non-hydrogen) atoms. The summed E-state index contributed by atoms with van der Waals surface area (Å²) >= 11 is 3.47. The lowest BCUT2D eigenvalue weighted by Crippen LogP contribution is -2.00. The van der Waals surface area contributed by atoms with Crippen LogP contribution < -0.4 is 9.47 Å². The van der Waals surface area contributed by atoms with Crippen molar-refractivity contribution in [3.05, 3.63) is 23.8 Å². The van der Waals surface area contributed by atoms with Gasteiger partial charge in [0, 0.05) is 10.9 Å². The molecular formula is C14H21BrO2. The Hall–Kier alpha value is -0.700. The molecule has 0 unspecified atom stereocenters. The van der Waals surface area contributed by atoms with Gasteiger partial charge in [0.2, 0.25) is 0 Å². The molecular weight excluding hydrogens is 280 g/mol. The van der Waals surface area contributed by atoms with Crippen molar-refractivity contribution >= 4 is 15.9 Å².